The monoisotopic (exact) mass is 241 g/mol. The third-order valence-electron chi connectivity index (χ3n) is 2.89. The lowest BCUT2D eigenvalue weighted by Gasteiger charge is -2.13. The number of hydrogen-bond donors (Lipinski definition) is 2. The van der Waals surface area contributed by atoms with Crippen LogP contribution in [0.25, 0.3) is 11.1 Å². The Balaban J connectivity index is 2.41. The standard InChI is InChI=1S/C15H19N3/c1-2-9-17-15-14(11-16)13(8-10-18-15)12-6-4-3-5-7-12/h3-8,10H,2,9,11,16H2,1H3,(H,17,18). The fourth-order valence-corrected chi connectivity index (χ4v) is 1.98. The van der Waals surface area contributed by atoms with Crippen molar-refractivity contribution < 1.29 is 0 Å². The zero-order chi connectivity index (χ0) is 12.8. The lowest BCUT2D eigenvalue weighted by Crippen LogP contribution is -2.09. The van der Waals surface area contributed by atoms with Gasteiger partial charge < -0.3 is 11.1 Å². The Hall–Kier alpha value is -1.87. The van der Waals surface area contributed by atoms with E-state index >= 15 is 0 Å². The highest BCUT2D eigenvalue weighted by Gasteiger charge is 2.09. The Labute approximate surface area is 108 Å². The normalized spacial score (nSPS) is 10.3. The van der Waals surface area contributed by atoms with Gasteiger partial charge in [-0.25, -0.2) is 4.98 Å². The van der Waals surface area contributed by atoms with Gasteiger partial charge in [0.1, 0.15) is 5.82 Å². The van der Waals surface area contributed by atoms with Gasteiger partial charge in [0.25, 0.3) is 0 Å². The molecule has 94 valence electrons. The highest BCUT2D eigenvalue weighted by Crippen LogP contribution is 2.27. The van der Waals surface area contributed by atoms with Crippen molar-refractivity contribution in [2.75, 3.05) is 11.9 Å². The molecule has 1 aromatic carbocycles. The summed E-state index contributed by atoms with van der Waals surface area (Å²) in [5, 5.41) is 3.33. The molecule has 0 atom stereocenters. The molecule has 0 aliphatic rings. The lowest BCUT2D eigenvalue weighted by atomic mass is 10.0. The summed E-state index contributed by atoms with van der Waals surface area (Å²) < 4.78 is 0. The molecule has 1 heterocycles. The summed E-state index contributed by atoms with van der Waals surface area (Å²) >= 11 is 0. The molecule has 3 nitrogen and oxygen atoms in total. The number of nitrogens with two attached hydrogens (primary N) is 1. The van der Waals surface area contributed by atoms with Crippen molar-refractivity contribution in [3.05, 3.63) is 48.2 Å². The Bertz CT molecular complexity index is 494. The van der Waals surface area contributed by atoms with Crippen molar-refractivity contribution in [2.45, 2.75) is 19.9 Å². The van der Waals surface area contributed by atoms with Crippen molar-refractivity contribution in [3.63, 3.8) is 0 Å². The fourth-order valence-electron chi connectivity index (χ4n) is 1.98. The first-order valence-corrected chi connectivity index (χ1v) is 6.34. The number of nitrogens with one attached hydrogen (secondary N) is 1. The summed E-state index contributed by atoms with van der Waals surface area (Å²) in [6, 6.07) is 12.3. The lowest BCUT2D eigenvalue weighted by molar-refractivity contribution is 0.953. The number of aromatic nitrogens is 1. The molecule has 2 rings (SSSR count). The highest BCUT2D eigenvalue weighted by atomic mass is 15.0. The molecule has 0 spiro atoms. The molecular formula is C15H19N3. The molecular weight excluding hydrogens is 222 g/mol. The zero-order valence-corrected chi connectivity index (χ0v) is 10.7. The predicted octanol–water partition coefficient (Wildman–Crippen LogP) is 3.03. The van der Waals surface area contributed by atoms with Crippen molar-refractivity contribution in [3.8, 4) is 11.1 Å². The maximum atomic E-state index is 5.88. The van der Waals surface area contributed by atoms with Crippen molar-refractivity contribution in [1.29, 1.82) is 0 Å². The minimum absolute atomic E-state index is 0.490. The molecule has 0 radical (unpaired) electrons. The maximum absolute atomic E-state index is 5.88. The number of benzene rings is 1. The van der Waals surface area contributed by atoms with Gasteiger partial charge >= 0.3 is 0 Å². The second kappa shape index (κ2) is 6.17. The zero-order valence-electron chi connectivity index (χ0n) is 10.7. The molecule has 3 heteroatoms. The van der Waals surface area contributed by atoms with E-state index in [4.69, 9.17) is 5.73 Å². The number of rotatable bonds is 5. The van der Waals surface area contributed by atoms with Crippen molar-refractivity contribution >= 4 is 5.82 Å². The van der Waals surface area contributed by atoms with Gasteiger partial charge in [0, 0.05) is 24.8 Å². The summed E-state index contributed by atoms with van der Waals surface area (Å²) in [5.74, 6) is 0.903. The van der Waals surface area contributed by atoms with Crippen LogP contribution in [0.1, 0.15) is 18.9 Å². The smallest absolute Gasteiger partial charge is 0.131 e. The van der Waals surface area contributed by atoms with E-state index in [9.17, 15) is 0 Å². The quantitative estimate of drug-likeness (QED) is 0.846. The van der Waals surface area contributed by atoms with Gasteiger partial charge in [-0.05, 0) is 23.6 Å². The second-order valence-corrected chi connectivity index (χ2v) is 4.18. The van der Waals surface area contributed by atoms with Gasteiger partial charge in [0.15, 0.2) is 0 Å². The maximum Gasteiger partial charge on any atom is 0.131 e. The van der Waals surface area contributed by atoms with Gasteiger partial charge in [-0.2, -0.15) is 0 Å². The van der Waals surface area contributed by atoms with Crippen LogP contribution in [-0.4, -0.2) is 11.5 Å². The van der Waals surface area contributed by atoms with Crippen LogP contribution in [0.3, 0.4) is 0 Å². The Morgan fingerprint density at radius 1 is 1.17 bits per heavy atom. The molecule has 0 saturated carbocycles. The van der Waals surface area contributed by atoms with E-state index in [-0.39, 0.29) is 0 Å². The molecule has 3 N–H and O–H groups in total. The van der Waals surface area contributed by atoms with Gasteiger partial charge in [-0.15, -0.1) is 0 Å². The number of anilines is 1. The first-order chi connectivity index (χ1) is 8.86. The van der Waals surface area contributed by atoms with E-state index in [2.05, 4.69) is 29.4 Å². The minimum Gasteiger partial charge on any atom is -0.370 e. The SMILES string of the molecule is CCCNc1nccc(-c2ccccc2)c1CN. The summed E-state index contributed by atoms with van der Waals surface area (Å²) in [4.78, 5) is 4.38. The Morgan fingerprint density at radius 2 is 1.94 bits per heavy atom. The van der Waals surface area contributed by atoms with Gasteiger partial charge in [-0.3, -0.25) is 0 Å². The van der Waals surface area contributed by atoms with Gasteiger partial charge in [0.05, 0.1) is 0 Å². The Kier molecular flexibility index (Phi) is 4.31. The third kappa shape index (κ3) is 2.68. The summed E-state index contributed by atoms with van der Waals surface area (Å²) in [6.07, 6.45) is 2.90. The van der Waals surface area contributed by atoms with Crippen LogP contribution in [0.4, 0.5) is 5.82 Å². The van der Waals surface area contributed by atoms with Crippen LogP contribution in [-0.2, 0) is 6.54 Å². The van der Waals surface area contributed by atoms with Gasteiger partial charge in [-0.1, -0.05) is 37.3 Å². The molecule has 0 bridgehead atoms. The number of nitrogens with zero attached hydrogens (tertiary/aromatic N) is 1. The van der Waals surface area contributed by atoms with E-state index in [1.807, 2.05) is 30.5 Å². The first-order valence-electron chi connectivity index (χ1n) is 6.34. The molecule has 1 aromatic heterocycles. The average Bonchev–Trinajstić information content (AvgIpc) is 2.45. The van der Waals surface area contributed by atoms with Crippen molar-refractivity contribution in [1.82, 2.24) is 4.98 Å². The molecule has 0 saturated heterocycles. The highest BCUT2D eigenvalue weighted by molar-refractivity contribution is 5.71. The van der Waals surface area contributed by atoms with Crippen LogP contribution in [0.15, 0.2) is 42.6 Å². The van der Waals surface area contributed by atoms with E-state index in [0.29, 0.717) is 6.54 Å². The molecule has 0 unspecified atom stereocenters. The molecule has 2 aromatic rings. The molecule has 0 aliphatic carbocycles. The number of hydrogen-bond acceptors (Lipinski definition) is 3. The predicted molar refractivity (Wildman–Crippen MR) is 76.3 cm³/mol. The van der Waals surface area contributed by atoms with Crippen LogP contribution in [0, 0.1) is 0 Å². The molecule has 18 heavy (non-hydrogen) atoms. The fraction of sp³-hybridized carbons (Fsp3) is 0.267. The Morgan fingerprint density at radius 3 is 2.61 bits per heavy atom. The largest absolute Gasteiger partial charge is 0.370 e. The van der Waals surface area contributed by atoms with Gasteiger partial charge in [0.2, 0.25) is 0 Å². The van der Waals surface area contributed by atoms with E-state index in [0.717, 1.165) is 29.9 Å². The third-order valence-corrected chi connectivity index (χ3v) is 2.89. The summed E-state index contributed by atoms with van der Waals surface area (Å²) in [6.45, 7) is 3.54. The molecule has 0 fully saturated rings. The molecule has 0 amide bonds. The topological polar surface area (TPSA) is 50.9 Å². The second-order valence-electron chi connectivity index (χ2n) is 4.18. The van der Waals surface area contributed by atoms with Crippen LogP contribution < -0.4 is 11.1 Å². The van der Waals surface area contributed by atoms with E-state index in [1.165, 1.54) is 5.56 Å². The van der Waals surface area contributed by atoms with Crippen LogP contribution in [0.2, 0.25) is 0 Å². The summed E-state index contributed by atoms with van der Waals surface area (Å²) in [7, 11) is 0. The number of pyridine rings is 1. The summed E-state index contributed by atoms with van der Waals surface area (Å²) in [5.41, 5.74) is 9.30. The minimum atomic E-state index is 0.490. The van der Waals surface area contributed by atoms with E-state index < -0.39 is 0 Å². The molecule has 0 aliphatic heterocycles. The van der Waals surface area contributed by atoms with Crippen molar-refractivity contribution in [2.24, 2.45) is 5.73 Å². The van der Waals surface area contributed by atoms with Crippen LogP contribution in [0.5, 0.6) is 0 Å². The van der Waals surface area contributed by atoms with E-state index in [1.54, 1.807) is 0 Å². The first kappa shape index (κ1) is 12.6. The van der Waals surface area contributed by atoms with Crippen LogP contribution >= 0.6 is 0 Å². The average molecular weight is 241 g/mol.